The normalized spacial score (nSPS) is 18.1. The second-order valence-electron chi connectivity index (χ2n) is 3.89. The molecule has 1 amide bonds. The summed E-state index contributed by atoms with van der Waals surface area (Å²) in [5.41, 5.74) is 0.583. The molecule has 0 saturated carbocycles. The van der Waals surface area contributed by atoms with Crippen LogP contribution in [0.3, 0.4) is 0 Å². The van der Waals surface area contributed by atoms with Gasteiger partial charge in [-0.05, 0) is 14.0 Å². The molecule has 0 atom stereocenters. The predicted octanol–water partition coefficient (Wildman–Crippen LogP) is 0.371. The molecule has 1 aromatic heterocycles. The van der Waals surface area contributed by atoms with E-state index in [4.69, 9.17) is 4.52 Å². The predicted molar refractivity (Wildman–Crippen MR) is 54.6 cm³/mol. The van der Waals surface area contributed by atoms with Crippen LogP contribution in [0, 0.1) is 6.92 Å². The summed E-state index contributed by atoms with van der Waals surface area (Å²) in [4.78, 5) is 16.1. The molecule has 0 radical (unpaired) electrons. The molecule has 5 nitrogen and oxygen atoms in total. The van der Waals surface area contributed by atoms with E-state index in [1.807, 2.05) is 4.90 Å². The van der Waals surface area contributed by atoms with Crippen LogP contribution >= 0.6 is 0 Å². The number of aromatic nitrogens is 1. The molecule has 1 aliphatic rings. The average Bonchev–Trinajstić information content (AvgIpc) is 2.65. The van der Waals surface area contributed by atoms with Gasteiger partial charge < -0.3 is 14.3 Å². The van der Waals surface area contributed by atoms with E-state index in [1.54, 1.807) is 6.92 Å². The Morgan fingerprint density at radius 1 is 1.40 bits per heavy atom. The molecular weight excluding hydrogens is 194 g/mol. The summed E-state index contributed by atoms with van der Waals surface area (Å²) in [5.74, 6) is 0.626. The summed E-state index contributed by atoms with van der Waals surface area (Å²) in [6.45, 7) is 5.17. The van der Waals surface area contributed by atoms with E-state index in [0.29, 0.717) is 11.3 Å². The highest BCUT2D eigenvalue weighted by Gasteiger charge is 2.23. The number of piperazine rings is 1. The lowest BCUT2D eigenvalue weighted by atomic mass is 10.2. The van der Waals surface area contributed by atoms with E-state index in [0.717, 1.165) is 26.2 Å². The van der Waals surface area contributed by atoms with Crippen molar-refractivity contribution >= 4 is 5.91 Å². The largest absolute Gasteiger partial charge is 0.361 e. The third kappa shape index (κ3) is 2.02. The van der Waals surface area contributed by atoms with E-state index < -0.39 is 0 Å². The maximum absolute atomic E-state index is 12.0. The van der Waals surface area contributed by atoms with Crippen LogP contribution in [0.4, 0.5) is 0 Å². The monoisotopic (exact) mass is 209 g/mol. The number of nitrogens with zero attached hydrogens (tertiary/aromatic N) is 3. The van der Waals surface area contributed by atoms with Crippen molar-refractivity contribution in [3.8, 4) is 0 Å². The van der Waals surface area contributed by atoms with Gasteiger partial charge in [-0.1, -0.05) is 5.16 Å². The number of hydrogen-bond donors (Lipinski definition) is 0. The van der Waals surface area contributed by atoms with Gasteiger partial charge in [-0.15, -0.1) is 0 Å². The number of amides is 1. The maximum Gasteiger partial charge on any atom is 0.259 e. The molecule has 1 aliphatic heterocycles. The highest BCUT2D eigenvalue weighted by atomic mass is 16.5. The standard InChI is InChI=1S/C10H15N3O2/c1-8-9(7-11-15-8)10(14)13-5-3-12(2)4-6-13/h7H,3-6H2,1-2H3. The van der Waals surface area contributed by atoms with Crippen LogP contribution < -0.4 is 0 Å². The minimum absolute atomic E-state index is 0.0295. The van der Waals surface area contributed by atoms with E-state index in [-0.39, 0.29) is 5.91 Å². The molecule has 2 heterocycles. The molecule has 5 heteroatoms. The van der Waals surface area contributed by atoms with E-state index in [9.17, 15) is 4.79 Å². The Morgan fingerprint density at radius 2 is 2.07 bits per heavy atom. The number of aryl methyl sites for hydroxylation is 1. The zero-order valence-corrected chi connectivity index (χ0v) is 9.06. The summed E-state index contributed by atoms with van der Waals surface area (Å²) >= 11 is 0. The fourth-order valence-electron chi connectivity index (χ4n) is 1.68. The number of carbonyl (C=O) groups is 1. The van der Waals surface area contributed by atoms with Gasteiger partial charge in [-0.25, -0.2) is 0 Å². The molecule has 82 valence electrons. The van der Waals surface area contributed by atoms with Crippen molar-refractivity contribution in [1.82, 2.24) is 15.0 Å². The highest BCUT2D eigenvalue weighted by Crippen LogP contribution is 2.11. The number of carbonyl (C=O) groups excluding carboxylic acids is 1. The SMILES string of the molecule is Cc1oncc1C(=O)N1CCN(C)CC1. The zero-order valence-electron chi connectivity index (χ0n) is 9.06. The van der Waals surface area contributed by atoms with E-state index in [1.165, 1.54) is 6.20 Å². The quantitative estimate of drug-likeness (QED) is 0.670. The Balaban J connectivity index is 2.06. The fourth-order valence-corrected chi connectivity index (χ4v) is 1.68. The van der Waals surface area contributed by atoms with Crippen LogP contribution in [0.1, 0.15) is 16.1 Å². The van der Waals surface area contributed by atoms with Gasteiger partial charge in [0, 0.05) is 26.2 Å². The minimum Gasteiger partial charge on any atom is -0.361 e. The van der Waals surface area contributed by atoms with Crippen LogP contribution in [0.2, 0.25) is 0 Å². The van der Waals surface area contributed by atoms with Crippen molar-refractivity contribution in [2.45, 2.75) is 6.92 Å². The summed E-state index contributed by atoms with van der Waals surface area (Å²) in [6, 6.07) is 0. The van der Waals surface area contributed by atoms with Crippen molar-refractivity contribution < 1.29 is 9.32 Å². The third-order valence-electron chi connectivity index (χ3n) is 2.77. The fraction of sp³-hybridized carbons (Fsp3) is 0.600. The Morgan fingerprint density at radius 3 is 2.60 bits per heavy atom. The van der Waals surface area contributed by atoms with Crippen LogP contribution in [0.5, 0.6) is 0 Å². The topological polar surface area (TPSA) is 49.6 Å². The Kier molecular flexibility index (Phi) is 2.73. The summed E-state index contributed by atoms with van der Waals surface area (Å²) in [5, 5.41) is 3.62. The first-order valence-electron chi connectivity index (χ1n) is 5.07. The van der Waals surface area contributed by atoms with Crippen molar-refractivity contribution in [2.75, 3.05) is 33.2 Å². The van der Waals surface area contributed by atoms with Crippen LogP contribution in [0.15, 0.2) is 10.7 Å². The van der Waals surface area contributed by atoms with Crippen molar-refractivity contribution in [3.63, 3.8) is 0 Å². The van der Waals surface area contributed by atoms with Crippen LogP contribution in [-0.2, 0) is 0 Å². The molecule has 0 unspecified atom stereocenters. The second kappa shape index (κ2) is 4.02. The van der Waals surface area contributed by atoms with Gasteiger partial charge in [-0.3, -0.25) is 4.79 Å². The van der Waals surface area contributed by atoms with Gasteiger partial charge in [0.2, 0.25) is 0 Å². The lowest BCUT2D eigenvalue weighted by Crippen LogP contribution is -2.47. The van der Waals surface area contributed by atoms with Gasteiger partial charge in [0.25, 0.3) is 5.91 Å². The molecule has 0 N–H and O–H groups in total. The Bertz CT molecular complexity index is 353. The van der Waals surface area contributed by atoms with Gasteiger partial charge in [-0.2, -0.15) is 0 Å². The first-order valence-corrected chi connectivity index (χ1v) is 5.07. The third-order valence-corrected chi connectivity index (χ3v) is 2.77. The molecule has 2 rings (SSSR count). The lowest BCUT2D eigenvalue weighted by molar-refractivity contribution is 0.0662. The smallest absolute Gasteiger partial charge is 0.259 e. The second-order valence-corrected chi connectivity index (χ2v) is 3.89. The first kappa shape index (κ1) is 10.2. The molecule has 0 spiro atoms. The average molecular weight is 209 g/mol. The van der Waals surface area contributed by atoms with Crippen LogP contribution in [-0.4, -0.2) is 54.1 Å². The van der Waals surface area contributed by atoms with Gasteiger partial charge >= 0.3 is 0 Å². The Labute approximate surface area is 88.6 Å². The molecular formula is C10H15N3O2. The molecule has 0 aromatic carbocycles. The highest BCUT2D eigenvalue weighted by molar-refractivity contribution is 5.94. The summed E-state index contributed by atoms with van der Waals surface area (Å²) in [6.07, 6.45) is 1.50. The van der Waals surface area contributed by atoms with Crippen molar-refractivity contribution in [2.24, 2.45) is 0 Å². The van der Waals surface area contributed by atoms with Crippen LogP contribution in [0.25, 0.3) is 0 Å². The van der Waals surface area contributed by atoms with Crippen molar-refractivity contribution in [1.29, 1.82) is 0 Å². The maximum atomic E-state index is 12.0. The first-order chi connectivity index (χ1) is 7.18. The minimum atomic E-state index is 0.0295. The summed E-state index contributed by atoms with van der Waals surface area (Å²) < 4.78 is 4.89. The van der Waals surface area contributed by atoms with E-state index in [2.05, 4.69) is 17.1 Å². The Hall–Kier alpha value is -1.36. The van der Waals surface area contributed by atoms with Gasteiger partial charge in [0.15, 0.2) is 0 Å². The molecule has 15 heavy (non-hydrogen) atoms. The number of likely N-dealkylation sites (N-methyl/N-ethyl adjacent to an activating group) is 1. The molecule has 0 bridgehead atoms. The van der Waals surface area contributed by atoms with Gasteiger partial charge in [0.1, 0.15) is 11.3 Å². The number of rotatable bonds is 1. The lowest BCUT2D eigenvalue weighted by Gasteiger charge is -2.32. The molecule has 1 saturated heterocycles. The molecule has 1 aromatic rings. The molecule has 0 aliphatic carbocycles. The van der Waals surface area contributed by atoms with Crippen molar-refractivity contribution in [3.05, 3.63) is 17.5 Å². The number of hydrogen-bond acceptors (Lipinski definition) is 4. The zero-order chi connectivity index (χ0) is 10.8. The molecule has 1 fully saturated rings. The van der Waals surface area contributed by atoms with E-state index >= 15 is 0 Å². The summed E-state index contributed by atoms with van der Waals surface area (Å²) in [7, 11) is 2.06. The van der Waals surface area contributed by atoms with Gasteiger partial charge in [0.05, 0.1) is 6.20 Å².